The second kappa shape index (κ2) is 5.59. The highest BCUT2D eigenvalue weighted by molar-refractivity contribution is 5.48. The maximum atomic E-state index is 6.41. The van der Waals surface area contributed by atoms with Gasteiger partial charge < -0.3 is 20.1 Å². The van der Waals surface area contributed by atoms with Crippen molar-refractivity contribution in [1.29, 1.82) is 0 Å². The van der Waals surface area contributed by atoms with Crippen LogP contribution >= 0.6 is 0 Å². The van der Waals surface area contributed by atoms with Crippen LogP contribution in [0, 0.1) is 0 Å². The monoisotopic (exact) mass is 250 g/mol. The van der Waals surface area contributed by atoms with E-state index in [1.165, 1.54) is 0 Å². The van der Waals surface area contributed by atoms with Crippen LogP contribution in [0.3, 0.4) is 0 Å². The van der Waals surface area contributed by atoms with Gasteiger partial charge in [-0.3, -0.25) is 0 Å². The molecule has 1 aromatic carbocycles. The standard InChI is InChI=1S/C14H22N2O2/c1-16(11-14(15)7-9-18-10-8-14)12-3-5-13(17-2)6-4-12/h3-6H,7-11,15H2,1-2H3. The fourth-order valence-corrected chi connectivity index (χ4v) is 2.34. The summed E-state index contributed by atoms with van der Waals surface area (Å²) >= 11 is 0. The fraction of sp³-hybridized carbons (Fsp3) is 0.571. The first-order chi connectivity index (χ1) is 8.63. The van der Waals surface area contributed by atoms with Gasteiger partial charge in [-0.2, -0.15) is 0 Å². The summed E-state index contributed by atoms with van der Waals surface area (Å²) in [6, 6.07) is 8.06. The Hall–Kier alpha value is -1.26. The van der Waals surface area contributed by atoms with Crippen LogP contribution < -0.4 is 15.4 Å². The molecule has 1 saturated heterocycles. The van der Waals surface area contributed by atoms with Gasteiger partial charge in [-0.15, -0.1) is 0 Å². The average molecular weight is 250 g/mol. The molecule has 4 nitrogen and oxygen atoms in total. The lowest BCUT2D eigenvalue weighted by molar-refractivity contribution is 0.0558. The molecule has 4 heteroatoms. The summed E-state index contributed by atoms with van der Waals surface area (Å²) < 4.78 is 10.5. The maximum Gasteiger partial charge on any atom is 0.119 e. The minimum atomic E-state index is -0.132. The maximum absolute atomic E-state index is 6.41. The lowest BCUT2D eigenvalue weighted by atomic mass is 9.91. The largest absolute Gasteiger partial charge is 0.497 e. The number of anilines is 1. The number of nitrogens with two attached hydrogens (primary N) is 1. The zero-order valence-electron chi connectivity index (χ0n) is 11.2. The van der Waals surface area contributed by atoms with Gasteiger partial charge in [0.1, 0.15) is 5.75 Å². The topological polar surface area (TPSA) is 47.7 Å². The van der Waals surface area contributed by atoms with E-state index in [0.717, 1.165) is 44.0 Å². The van der Waals surface area contributed by atoms with Crippen LogP contribution in [0.1, 0.15) is 12.8 Å². The minimum Gasteiger partial charge on any atom is -0.497 e. The van der Waals surface area contributed by atoms with Gasteiger partial charge in [0.2, 0.25) is 0 Å². The van der Waals surface area contributed by atoms with Crippen molar-refractivity contribution < 1.29 is 9.47 Å². The first-order valence-electron chi connectivity index (χ1n) is 6.35. The van der Waals surface area contributed by atoms with Gasteiger partial charge in [0.25, 0.3) is 0 Å². The first-order valence-corrected chi connectivity index (χ1v) is 6.35. The summed E-state index contributed by atoms with van der Waals surface area (Å²) in [6.45, 7) is 2.39. The van der Waals surface area contributed by atoms with Crippen LogP contribution in [-0.4, -0.2) is 39.5 Å². The smallest absolute Gasteiger partial charge is 0.119 e. The van der Waals surface area contributed by atoms with Crippen molar-refractivity contribution in [3.63, 3.8) is 0 Å². The van der Waals surface area contributed by atoms with Gasteiger partial charge in [0, 0.05) is 38.0 Å². The molecule has 0 aromatic heterocycles. The lowest BCUT2D eigenvalue weighted by Crippen LogP contribution is -2.52. The third-order valence-corrected chi connectivity index (χ3v) is 3.55. The van der Waals surface area contributed by atoms with Gasteiger partial charge >= 0.3 is 0 Å². The number of benzene rings is 1. The molecule has 2 N–H and O–H groups in total. The molecule has 2 rings (SSSR count). The Kier molecular flexibility index (Phi) is 4.09. The number of hydrogen-bond donors (Lipinski definition) is 1. The second-order valence-electron chi connectivity index (χ2n) is 5.03. The summed E-state index contributed by atoms with van der Waals surface area (Å²) in [5, 5.41) is 0. The number of likely N-dealkylation sites (N-methyl/N-ethyl adjacent to an activating group) is 1. The van der Waals surface area contributed by atoms with Gasteiger partial charge in [0.05, 0.1) is 7.11 Å². The molecule has 0 radical (unpaired) electrons. The van der Waals surface area contributed by atoms with Gasteiger partial charge in [-0.1, -0.05) is 0 Å². The fourth-order valence-electron chi connectivity index (χ4n) is 2.34. The highest BCUT2D eigenvalue weighted by atomic mass is 16.5. The molecule has 1 aromatic rings. The van der Waals surface area contributed by atoms with Crippen LogP contribution in [0.2, 0.25) is 0 Å². The lowest BCUT2D eigenvalue weighted by Gasteiger charge is -2.37. The van der Waals surface area contributed by atoms with Crippen molar-refractivity contribution in [3.8, 4) is 5.75 Å². The van der Waals surface area contributed by atoms with Crippen LogP contribution in [0.5, 0.6) is 5.75 Å². The molecular formula is C14H22N2O2. The SMILES string of the molecule is COc1ccc(N(C)CC2(N)CCOCC2)cc1. The van der Waals surface area contributed by atoms with Crippen molar-refractivity contribution in [2.45, 2.75) is 18.4 Å². The molecule has 1 heterocycles. The van der Waals surface area contributed by atoms with Gasteiger partial charge in [-0.25, -0.2) is 0 Å². The van der Waals surface area contributed by atoms with E-state index in [2.05, 4.69) is 24.1 Å². The van der Waals surface area contributed by atoms with E-state index in [0.29, 0.717) is 0 Å². The van der Waals surface area contributed by atoms with E-state index in [4.69, 9.17) is 15.2 Å². The second-order valence-corrected chi connectivity index (χ2v) is 5.03. The quantitative estimate of drug-likeness (QED) is 0.882. The summed E-state index contributed by atoms with van der Waals surface area (Å²) in [7, 11) is 3.75. The van der Waals surface area contributed by atoms with E-state index < -0.39 is 0 Å². The molecular weight excluding hydrogens is 228 g/mol. The van der Waals surface area contributed by atoms with Crippen molar-refractivity contribution in [3.05, 3.63) is 24.3 Å². The molecule has 0 atom stereocenters. The summed E-state index contributed by atoms with van der Waals surface area (Å²) in [4.78, 5) is 2.20. The molecule has 18 heavy (non-hydrogen) atoms. The molecule has 1 aliphatic rings. The van der Waals surface area contributed by atoms with E-state index in [1.54, 1.807) is 7.11 Å². The molecule has 0 aliphatic carbocycles. The first kappa shape index (κ1) is 13.2. The molecule has 0 bridgehead atoms. The van der Waals surface area contributed by atoms with E-state index in [1.807, 2.05) is 12.1 Å². The zero-order chi connectivity index (χ0) is 13.0. The Balaban J connectivity index is 1.99. The number of rotatable bonds is 4. The van der Waals surface area contributed by atoms with Crippen LogP contribution in [0.15, 0.2) is 24.3 Å². The Bertz CT molecular complexity index is 372. The normalized spacial score (nSPS) is 18.4. The number of hydrogen-bond acceptors (Lipinski definition) is 4. The summed E-state index contributed by atoms with van der Waals surface area (Å²) in [5.41, 5.74) is 7.43. The zero-order valence-corrected chi connectivity index (χ0v) is 11.2. The molecule has 1 aliphatic heterocycles. The Morgan fingerprint density at radius 3 is 2.44 bits per heavy atom. The van der Waals surface area contributed by atoms with Gasteiger partial charge in [-0.05, 0) is 37.1 Å². The summed E-state index contributed by atoms with van der Waals surface area (Å²) in [5.74, 6) is 0.876. The molecule has 0 saturated carbocycles. The van der Waals surface area contributed by atoms with Crippen molar-refractivity contribution in [2.75, 3.05) is 38.8 Å². The van der Waals surface area contributed by atoms with E-state index in [-0.39, 0.29) is 5.54 Å². The van der Waals surface area contributed by atoms with Crippen LogP contribution in [-0.2, 0) is 4.74 Å². The van der Waals surface area contributed by atoms with Crippen molar-refractivity contribution in [2.24, 2.45) is 5.73 Å². The third kappa shape index (κ3) is 3.15. The molecule has 100 valence electrons. The predicted molar refractivity (Wildman–Crippen MR) is 73.2 cm³/mol. The number of nitrogens with zero attached hydrogens (tertiary/aromatic N) is 1. The van der Waals surface area contributed by atoms with Gasteiger partial charge in [0.15, 0.2) is 0 Å². The van der Waals surface area contributed by atoms with Crippen molar-refractivity contribution in [1.82, 2.24) is 0 Å². The third-order valence-electron chi connectivity index (χ3n) is 3.55. The van der Waals surface area contributed by atoms with E-state index >= 15 is 0 Å². The van der Waals surface area contributed by atoms with E-state index in [9.17, 15) is 0 Å². The minimum absolute atomic E-state index is 0.132. The number of methoxy groups -OCH3 is 1. The highest BCUT2D eigenvalue weighted by Gasteiger charge is 2.29. The Morgan fingerprint density at radius 1 is 1.28 bits per heavy atom. The molecule has 1 fully saturated rings. The van der Waals surface area contributed by atoms with Crippen LogP contribution in [0.4, 0.5) is 5.69 Å². The van der Waals surface area contributed by atoms with Crippen LogP contribution in [0.25, 0.3) is 0 Å². The molecule has 0 unspecified atom stereocenters. The predicted octanol–water partition coefficient (Wildman–Crippen LogP) is 1.64. The molecule has 0 spiro atoms. The Morgan fingerprint density at radius 2 is 1.89 bits per heavy atom. The average Bonchev–Trinajstić information content (AvgIpc) is 2.39. The highest BCUT2D eigenvalue weighted by Crippen LogP contribution is 2.23. The van der Waals surface area contributed by atoms with Crippen molar-refractivity contribution >= 4 is 5.69 Å². The molecule has 0 amide bonds. The number of ether oxygens (including phenoxy) is 2. The Labute approximate surface area is 109 Å². The summed E-state index contributed by atoms with van der Waals surface area (Å²) in [6.07, 6.45) is 1.85.